The van der Waals surface area contributed by atoms with Gasteiger partial charge in [-0.3, -0.25) is 0 Å². The number of nitrogens with one attached hydrogen (secondary N) is 2. The maximum atomic E-state index is 4.63. The minimum Gasteiger partial charge on any atom is -0.370 e. The van der Waals surface area contributed by atoms with Crippen LogP contribution in [0.5, 0.6) is 0 Å². The molecule has 0 aromatic carbocycles. The average Bonchev–Trinajstić information content (AvgIpc) is 2.45. The predicted molar refractivity (Wildman–Crippen MR) is 91.0 cm³/mol. The minimum atomic E-state index is 0.195. The lowest BCUT2D eigenvalue weighted by atomic mass is 10.2. The number of hydrogen-bond acceptors (Lipinski definition) is 5. The Kier molecular flexibility index (Phi) is 6.59. The average molecular weight is 296 g/mol. The maximum Gasteiger partial charge on any atom is 0.134 e. The fourth-order valence-corrected chi connectivity index (χ4v) is 1.89. The molecule has 4 nitrogen and oxygen atoms in total. The molecule has 0 fully saturated rings. The van der Waals surface area contributed by atoms with E-state index in [0.717, 1.165) is 49.0 Å². The molecule has 0 aliphatic rings. The fraction of sp³-hybridized carbons (Fsp3) is 0.733. The fourth-order valence-electron chi connectivity index (χ4n) is 1.68. The first kappa shape index (κ1) is 17.1. The van der Waals surface area contributed by atoms with Crippen LogP contribution in [0, 0.1) is 6.92 Å². The van der Waals surface area contributed by atoms with E-state index in [4.69, 9.17) is 0 Å². The van der Waals surface area contributed by atoms with Gasteiger partial charge in [0.2, 0.25) is 0 Å². The van der Waals surface area contributed by atoms with E-state index in [0.29, 0.717) is 0 Å². The van der Waals surface area contributed by atoms with E-state index in [-0.39, 0.29) is 4.75 Å². The van der Waals surface area contributed by atoms with Crippen LogP contribution in [0.15, 0.2) is 0 Å². The molecular weight excluding hydrogens is 268 g/mol. The van der Waals surface area contributed by atoms with Gasteiger partial charge in [0.15, 0.2) is 0 Å². The molecule has 0 atom stereocenters. The molecule has 0 amide bonds. The summed E-state index contributed by atoms with van der Waals surface area (Å²) < 4.78 is 0.195. The van der Waals surface area contributed by atoms with Crippen LogP contribution in [0.1, 0.15) is 45.5 Å². The van der Waals surface area contributed by atoms with E-state index in [1.807, 2.05) is 11.8 Å². The zero-order valence-corrected chi connectivity index (χ0v) is 14.4. The van der Waals surface area contributed by atoms with Gasteiger partial charge in [-0.05, 0) is 33.4 Å². The summed E-state index contributed by atoms with van der Waals surface area (Å²) in [5.41, 5.74) is 1.10. The van der Waals surface area contributed by atoms with Gasteiger partial charge in [0, 0.05) is 29.8 Å². The van der Waals surface area contributed by atoms with Crippen molar-refractivity contribution in [2.45, 2.75) is 52.2 Å². The zero-order chi connectivity index (χ0) is 15.2. The summed E-state index contributed by atoms with van der Waals surface area (Å²) in [6.07, 6.45) is 4.08. The van der Waals surface area contributed by atoms with E-state index < -0.39 is 0 Å². The monoisotopic (exact) mass is 296 g/mol. The molecule has 1 rings (SSSR count). The van der Waals surface area contributed by atoms with Crippen LogP contribution in [-0.2, 0) is 6.42 Å². The number of nitrogens with zero attached hydrogens (tertiary/aromatic N) is 2. The number of aromatic nitrogens is 2. The quantitative estimate of drug-likeness (QED) is 0.765. The van der Waals surface area contributed by atoms with Crippen molar-refractivity contribution in [1.29, 1.82) is 0 Å². The lowest BCUT2D eigenvalue weighted by molar-refractivity contribution is 0.747. The molecule has 5 heteroatoms. The third kappa shape index (κ3) is 4.85. The summed E-state index contributed by atoms with van der Waals surface area (Å²) in [6.45, 7) is 12.6. The number of hydrogen-bond donors (Lipinski definition) is 2. The van der Waals surface area contributed by atoms with Crippen molar-refractivity contribution in [2.24, 2.45) is 0 Å². The van der Waals surface area contributed by atoms with Gasteiger partial charge in [-0.15, -0.1) is 0 Å². The first-order chi connectivity index (χ1) is 9.43. The molecule has 0 radical (unpaired) electrons. The SMILES string of the molecule is CCCNc1nc(CC)nc(NCC(C)(C)SC)c1C. The second-order valence-corrected chi connectivity index (χ2v) is 7.07. The standard InChI is InChI=1S/C15H28N4S/c1-7-9-16-13-11(3)14(19-12(8-2)18-13)17-10-15(4,5)20-6/h7-10H2,1-6H3,(H2,16,17,18,19). The summed E-state index contributed by atoms with van der Waals surface area (Å²) in [4.78, 5) is 9.21. The Morgan fingerprint density at radius 1 is 1.10 bits per heavy atom. The molecule has 1 aromatic rings. The Morgan fingerprint density at radius 2 is 1.70 bits per heavy atom. The molecule has 0 saturated carbocycles. The van der Waals surface area contributed by atoms with Crippen molar-refractivity contribution >= 4 is 23.4 Å². The third-order valence-electron chi connectivity index (χ3n) is 3.28. The summed E-state index contributed by atoms with van der Waals surface area (Å²) in [5.74, 6) is 2.80. The Labute approximate surface area is 127 Å². The van der Waals surface area contributed by atoms with Gasteiger partial charge in [0.1, 0.15) is 17.5 Å². The maximum absolute atomic E-state index is 4.63. The van der Waals surface area contributed by atoms with Crippen LogP contribution in [0.25, 0.3) is 0 Å². The summed E-state index contributed by atoms with van der Waals surface area (Å²) >= 11 is 1.86. The molecule has 1 aromatic heterocycles. The molecular formula is C15H28N4S. The number of rotatable bonds is 8. The van der Waals surface area contributed by atoms with Crippen molar-refractivity contribution in [3.8, 4) is 0 Å². The van der Waals surface area contributed by atoms with E-state index in [1.54, 1.807) is 0 Å². The van der Waals surface area contributed by atoms with Gasteiger partial charge >= 0.3 is 0 Å². The van der Waals surface area contributed by atoms with Gasteiger partial charge in [0.05, 0.1) is 0 Å². The molecule has 0 bridgehead atoms. The van der Waals surface area contributed by atoms with Crippen LogP contribution in [0.4, 0.5) is 11.6 Å². The summed E-state index contributed by atoms with van der Waals surface area (Å²) in [7, 11) is 0. The van der Waals surface area contributed by atoms with Crippen LogP contribution < -0.4 is 10.6 Å². The summed E-state index contributed by atoms with van der Waals surface area (Å²) in [6, 6.07) is 0. The van der Waals surface area contributed by atoms with Gasteiger partial charge in [-0.25, -0.2) is 9.97 Å². The predicted octanol–water partition coefficient (Wildman–Crippen LogP) is 3.72. The van der Waals surface area contributed by atoms with Gasteiger partial charge in [0.25, 0.3) is 0 Å². The molecule has 0 aliphatic heterocycles. The molecule has 0 saturated heterocycles. The molecule has 20 heavy (non-hydrogen) atoms. The van der Waals surface area contributed by atoms with Crippen LogP contribution in [0.2, 0.25) is 0 Å². The lowest BCUT2D eigenvalue weighted by Crippen LogP contribution is -2.27. The minimum absolute atomic E-state index is 0.195. The van der Waals surface area contributed by atoms with E-state index in [9.17, 15) is 0 Å². The van der Waals surface area contributed by atoms with Gasteiger partial charge in [-0.2, -0.15) is 11.8 Å². The smallest absolute Gasteiger partial charge is 0.134 e. The Morgan fingerprint density at radius 3 is 2.20 bits per heavy atom. The highest BCUT2D eigenvalue weighted by Gasteiger charge is 2.17. The van der Waals surface area contributed by atoms with Crippen LogP contribution in [0.3, 0.4) is 0 Å². The lowest BCUT2D eigenvalue weighted by Gasteiger charge is -2.23. The number of aryl methyl sites for hydroxylation is 1. The molecule has 1 heterocycles. The largest absolute Gasteiger partial charge is 0.370 e. The first-order valence-corrected chi connectivity index (χ1v) is 8.56. The van der Waals surface area contributed by atoms with Crippen molar-refractivity contribution in [2.75, 3.05) is 30.0 Å². The molecule has 0 unspecified atom stereocenters. The first-order valence-electron chi connectivity index (χ1n) is 7.34. The highest BCUT2D eigenvalue weighted by Crippen LogP contribution is 2.24. The molecule has 114 valence electrons. The molecule has 2 N–H and O–H groups in total. The van der Waals surface area contributed by atoms with E-state index >= 15 is 0 Å². The highest BCUT2D eigenvalue weighted by molar-refractivity contribution is 7.99. The Bertz CT molecular complexity index is 432. The van der Waals surface area contributed by atoms with E-state index in [2.05, 4.69) is 61.5 Å². The normalized spacial score (nSPS) is 11.5. The van der Waals surface area contributed by atoms with Gasteiger partial charge in [-0.1, -0.05) is 13.8 Å². The van der Waals surface area contributed by atoms with Gasteiger partial charge < -0.3 is 10.6 Å². The van der Waals surface area contributed by atoms with E-state index in [1.165, 1.54) is 0 Å². The second-order valence-electron chi connectivity index (χ2n) is 5.56. The van der Waals surface area contributed by atoms with Crippen molar-refractivity contribution in [1.82, 2.24) is 9.97 Å². The Balaban J connectivity index is 2.93. The highest BCUT2D eigenvalue weighted by atomic mass is 32.2. The second kappa shape index (κ2) is 7.72. The molecule has 0 aliphatic carbocycles. The summed E-state index contributed by atoms with van der Waals surface area (Å²) in [5, 5.41) is 6.88. The van der Waals surface area contributed by atoms with Crippen molar-refractivity contribution < 1.29 is 0 Å². The van der Waals surface area contributed by atoms with Crippen molar-refractivity contribution in [3.05, 3.63) is 11.4 Å². The number of anilines is 2. The number of thioether (sulfide) groups is 1. The Hall–Kier alpha value is -0.970. The van der Waals surface area contributed by atoms with Crippen LogP contribution >= 0.6 is 11.8 Å². The van der Waals surface area contributed by atoms with Crippen LogP contribution in [-0.4, -0.2) is 34.1 Å². The molecule has 0 spiro atoms. The van der Waals surface area contributed by atoms with Crippen molar-refractivity contribution in [3.63, 3.8) is 0 Å². The topological polar surface area (TPSA) is 49.8 Å². The zero-order valence-electron chi connectivity index (χ0n) is 13.6. The third-order valence-corrected chi connectivity index (χ3v) is 4.53.